The number of rotatable bonds is 2. The van der Waals surface area contributed by atoms with E-state index >= 15 is 0 Å². The van der Waals surface area contributed by atoms with Gasteiger partial charge in [0.1, 0.15) is 5.15 Å². The molecular weight excluding hydrogens is 275 g/mol. The van der Waals surface area contributed by atoms with E-state index in [1.165, 1.54) is 0 Å². The van der Waals surface area contributed by atoms with Crippen molar-refractivity contribution in [3.05, 3.63) is 22.2 Å². The van der Waals surface area contributed by atoms with Crippen LogP contribution >= 0.6 is 39.1 Å². The van der Waals surface area contributed by atoms with Gasteiger partial charge in [0.2, 0.25) is 5.28 Å². The summed E-state index contributed by atoms with van der Waals surface area (Å²) in [6, 6.07) is 0. The first kappa shape index (κ1) is 11.2. The molecule has 0 amide bonds. The lowest BCUT2D eigenvalue weighted by molar-refractivity contribution is 0.637. The molecule has 0 aromatic carbocycles. The monoisotopic (exact) mass is 282 g/mol. The third-order valence-corrected chi connectivity index (χ3v) is 3.66. The van der Waals surface area contributed by atoms with Crippen molar-refractivity contribution in [2.75, 3.05) is 0 Å². The van der Waals surface area contributed by atoms with Crippen molar-refractivity contribution < 1.29 is 0 Å². The van der Waals surface area contributed by atoms with Crippen LogP contribution in [0.5, 0.6) is 0 Å². The van der Waals surface area contributed by atoms with Crippen molar-refractivity contribution >= 4 is 39.1 Å². The summed E-state index contributed by atoms with van der Waals surface area (Å²) in [4.78, 5) is 7.91. The molecule has 13 heavy (non-hydrogen) atoms. The van der Waals surface area contributed by atoms with E-state index in [9.17, 15) is 0 Å². The Kier molecular flexibility index (Phi) is 3.95. The summed E-state index contributed by atoms with van der Waals surface area (Å²) in [5, 5.41) is 0.591. The molecule has 0 fully saturated rings. The minimum Gasteiger partial charge on any atom is -0.226 e. The van der Waals surface area contributed by atoms with Crippen LogP contribution in [0.15, 0.2) is 6.20 Å². The van der Waals surface area contributed by atoms with Crippen LogP contribution in [0.4, 0.5) is 0 Å². The van der Waals surface area contributed by atoms with Crippen molar-refractivity contribution in [2.45, 2.75) is 18.7 Å². The van der Waals surface area contributed by atoms with Gasteiger partial charge in [-0.2, -0.15) is 0 Å². The molecule has 0 saturated heterocycles. The maximum absolute atomic E-state index is 5.90. The van der Waals surface area contributed by atoms with E-state index in [2.05, 4.69) is 39.7 Å². The molecule has 1 unspecified atom stereocenters. The molecule has 0 aliphatic rings. The van der Waals surface area contributed by atoms with Gasteiger partial charge >= 0.3 is 0 Å². The van der Waals surface area contributed by atoms with Gasteiger partial charge in [-0.05, 0) is 17.5 Å². The van der Waals surface area contributed by atoms with Crippen molar-refractivity contribution in [1.82, 2.24) is 9.97 Å². The first-order valence-corrected chi connectivity index (χ1v) is 5.51. The van der Waals surface area contributed by atoms with Crippen molar-refractivity contribution in [2.24, 2.45) is 5.92 Å². The van der Waals surface area contributed by atoms with Gasteiger partial charge in [-0.1, -0.05) is 41.4 Å². The van der Waals surface area contributed by atoms with Crippen LogP contribution in [0, 0.1) is 5.92 Å². The zero-order chi connectivity index (χ0) is 10.0. The fourth-order valence-electron chi connectivity index (χ4n) is 0.895. The van der Waals surface area contributed by atoms with Gasteiger partial charge in [-0.15, -0.1) is 0 Å². The summed E-state index contributed by atoms with van der Waals surface area (Å²) in [5.74, 6) is 0.433. The predicted octanol–water partition coefficient (Wildman–Crippen LogP) is 3.88. The molecule has 0 saturated carbocycles. The third kappa shape index (κ3) is 2.79. The molecule has 0 aliphatic carbocycles. The van der Waals surface area contributed by atoms with Crippen molar-refractivity contribution in [3.8, 4) is 0 Å². The lowest BCUT2D eigenvalue weighted by atomic mass is 10.1. The standard InChI is InChI=1S/C8H9BrCl2N2/c1-4(2)6(9)5-3-12-8(11)13-7(5)10/h3-4,6H,1-2H3. The highest BCUT2D eigenvalue weighted by Crippen LogP contribution is 2.33. The number of halogens is 3. The first-order chi connectivity index (χ1) is 6.02. The number of hydrogen-bond donors (Lipinski definition) is 0. The van der Waals surface area contributed by atoms with Crippen LogP contribution in [0.1, 0.15) is 24.2 Å². The average Bonchev–Trinajstić information content (AvgIpc) is 2.03. The molecule has 0 aliphatic heterocycles. The van der Waals surface area contributed by atoms with Crippen molar-refractivity contribution in [3.63, 3.8) is 0 Å². The lowest BCUT2D eigenvalue weighted by Gasteiger charge is -2.14. The first-order valence-electron chi connectivity index (χ1n) is 3.84. The number of hydrogen-bond acceptors (Lipinski definition) is 2. The lowest BCUT2D eigenvalue weighted by Crippen LogP contribution is -2.01. The highest BCUT2D eigenvalue weighted by atomic mass is 79.9. The summed E-state index contributed by atoms with van der Waals surface area (Å²) in [7, 11) is 0. The Morgan fingerprint density at radius 1 is 1.38 bits per heavy atom. The summed E-state index contributed by atoms with van der Waals surface area (Å²) in [5.41, 5.74) is 0.876. The number of alkyl halides is 1. The normalized spacial score (nSPS) is 13.4. The molecule has 0 spiro atoms. The van der Waals surface area contributed by atoms with Crippen LogP contribution in [0.3, 0.4) is 0 Å². The fraction of sp³-hybridized carbons (Fsp3) is 0.500. The van der Waals surface area contributed by atoms with E-state index in [4.69, 9.17) is 23.2 Å². The maximum Gasteiger partial charge on any atom is 0.223 e. The van der Waals surface area contributed by atoms with E-state index in [0.29, 0.717) is 11.1 Å². The minimum absolute atomic E-state index is 0.164. The summed E-state index contributed by atoms with van der Waals surface area (Å²) < 4.78 is 0. The minimum atomic E-state index is 0.164. The Bertz CT molecular complexity index is 304. The molecule has 1 heterocycles. The zero-order valence-corrected chi connectivity index (χ0v) is 10.4. The smallest absolute Gasteiger partial charge is 0.223 e. The molecule has 1 aromatic rings. The molecule has 72 valence electrons. The Hall–Kier alpha value is 0.140. The Morgan fingerprint density at radius 2 is 2.00 bits per heavy atom. The van der Waals surface area contributed by atoms with Crippen LogP contribution in [-0.2, 0) is 0 Å². The predicted molar refractivity (Wildman–Crippen MR) is 58.6 cm³/mol. The molecule has 1 rings (SSSR count). The topological polar surface area (TPSA) is 25.8 Å². The number of aromatic nitrogens is 2. The molecular formula is C8H9BrCl2N2. The van der Waals surface area contributed by atoms with Crippen LogP contribution < -0.4 is 0 Å². The van der Waals surface area contributed by atoms with E-state index < -0.39 is 0 Å². The molecule has 0 N–H and O–H groups in total. The molecule has 2 nitrogen and oxygen atoms in total. The van der Waals surface area contributed by atoms with Gasteiger partial charge in [0.25, 0.3) is 0 Å². The largest absolute Gasteiger partial charge is 0.226 e. The second-order valence-corrected chi connectivity index (χ2v) is 4.71. The van der Waals surface area contributed by atoms with E-state index in [1.54, 1.807) is 6.20 Å². The van der Waals surface area contributed by atoms with Gasteiger partial charge in [0, 0.05) is 16.6 Å². The quantitative estimate of drug-likeness (QED) is 0.468. The van der Waals surface area contributed by atoms with E-state index in [0.717, 1.165) is 5.56 Å². The second kappa shape index (κ2) is 4.58. The van der Waals surface area contributed by atoms with E-state index in [1.807, 2.05) is 0 Å². The Balaban J connectivity index is 3.01. The van der Waals surface area contributed by atoms with Gasteiger partial charge < -0.3 is 0 Å². The fourth-order valence-corrected chi connectivity index (χ4v) is 1.78. The molecule has 1 atom stereocenters. The Morgan fingerprint density at radius 3 is 2.46 bits per heavy atom. The summed E-state index contributed by atoms with van der Waals surface area (Å²) in [6.45, 7) is 4.18. The molecule has 0 radical (unpaired) electrons. The van der Waals surface area contributed by atoms with Crippen LogP contribution in [0.2, 0.25) is 10.4 Å². The highest BCUT2D eigenvalue weighted by Gasteiger charge is 2.16. The van der Waals surface area contributed by atoms with Crippen molar-refractivity contribution in [1.29, 1.82) is 0 Å². The summed E-state index contributed by atoms with van der Waals surface area (Å²) >= 11 is 15.0. The van der Waals surface area contributed by atoms with Gasteiger partial charge in [0.05, 0.1) is 0 Å². The third-order valence-electron chi connectivity index (χ3n) is 1.62. The molecule has 0 bridgehead atoms. The van der Waals surface area contributed by atoms with E-state index in [-0.39, 0.29) is 10.1 Å². The average molecular weight is 284 g/mol. The van der Waals surface area contributed by atoms with Crippen LogP contribution in [0.25, 0.3) is 0 Å². The van der Waals surface area contributed by atoms with Crippen LogP contribution in [-0.4, -0.2) is 9.97 Å². The Labute approximate surface area is 95.8 Å². The van der Waals surface area contributed by atoms with Gasteiger partial charge in [-0.25, -0.2) is 9.97 Å². The second-order valence-electron chi connectivity index (χ2n) is 3.03. The maximum atomic E-state index is 5.90. The molecule has 1 aromatic heterocycles. The van der Waals surface area contributed by atoms with Gasteiger partial charge in [0.15, 0.2) is 0 Å². The zero-order valence-electron chi connectivity index (χ0n) is 7.26. The SMILES string of the molecule is CC(C)C(Br)c1cnc(Cl)nc1Cl. The number of nitrogens with zero attached hydrogens (tertiary/aromatic N) is 2. The highest BCUT2D eigenvalue weighted by molar-refractivity contribution is 9.09. The molecule has 5 heteroatoms. The summed E-state index contributed by atoms with van der Waals surface area (Å²) in [6.07, 6.45) is 1.65. The van der Waals surface area contributed by atoms with Gasteiger partial charge in [-0.3, -0.25) is 0 Å².